The van der Waals surface area contributed by atoms with Crippen LogP contribution in [0.1, 0.15) is 16.1 Å². The third-order valence-electron chi connectivity index (χ3n) is 3.07. The van der Waals surface area contributed by atoms with Crippen LogP contribution in [0.4, 0.5) is 13.2 Å². The summed E-state index contributed by atoms with van der Waals surface area (Å²) < 4.78 is 41.1. The SMILES string of the molecule is O=C(NCc1cn2cc(F)ccc2n1)c1cc(F)ccc1F. The van der Waals surface area contributed by atoms with Crippen LogP contribution >= 0.6 is 0 Å². The van der Waals surface area contributed by atoms with Gasteiger partial charge in [0.2, 0.25) is 0 Å². The van der Waals surface area contributed by atoms with Crippen molar-refractivity contribution >= 4 is 11.6 Å². The summed E-state index contributed by atoms with van der Waals surface area (Å²) in [4.78, 5) is 16.0. The van der Waals surface area contributed by atoms with Crippen LogP contribution in [0.3, 0.4) is 0 Å². The minimum Gasteiger partial charge on any atom is -0.346 e. The van der Waals surface area contributed by atoms with E-state index in [1.807, 2.05) is 0 Å². The third-order valence-corrected chi connectivity index (χ3v) is 3.07. The minimum absolute atomic E-state index is 0.0120. The first kappa shape index (κ1) is 14.1. The molecule has 1 amide bonds. The number of imidazole rings is 1. The number of carbonyl (C=O) groups excluding carboxylic acids is 1. The van der Waals surface area contributed by atoms with E-state index in [0.29, 0.717) is 11.3 Å². The fourth-order valence-corrected chi connectivity index (χ4v) is 2.04. The fourth-order valence-electron chi connectivity index (χ4n) is 2.04. The highest BCUT2D eigenvalue weighted by Crippen LogP contribution is 2.10. The number of hydrogen-bond acceptors (Lipinski definition) is 2. The highest BCUT2D eigenvalue weighted by molar-refractivity contribution is 5.94. The van der Waals surface area contributed by atoms with Crippen molar-refractivity contribution in [3.05, 3.63) is 71.4 Å². The molecule has 0 saturated heterocycles. The van der Waals surface area contributed by atoms with Crippen molar-refractivity contribution in [2.45, 2.75) is 6.54 Å². The number of nitrogens with zero attached hydrogens (tertiary/aromatic N) is 2. The number of fused-ring (bicyclic) bond motifs is 1. The van der Waals surface area contributed by atoms with Gasteiger partial charge in [0.15, 0.2) is 0 Å². The molecule has 4 nitrogen and oxygen atoms in total. The van der Waals surface area contributed by atoms with Gasteiger partial charge < -0.3 is 9.72 Å². The first-order chi connectivity index (χ1) is 10.5. The van der Waals surface area contributed by atoms with Gasteiger partial charge in [-0.1, -0.05) is 0 Å². The lowest BCUT2D eigenvalue weighted by atomic mass is 10.2. The standard InChI is InChI=1S/C15H10F3N3O/c16-9-1-3-13(18)12(5-9)15(22)19-6-11-8-21-7-10(17)2-4-14(21)20-11/h1-5,7-8H,6H2,(H,19,22). The molecule has 2 heterocycles. The second-order valence-corrected chi connectivity index (χ2v) is 4.65. The zero-order valence-electron chi connectivity index (χ0n) is 11.2. The van der Waals surface area contributed by atoms with Gasteiger partial charge in [-0.25, -0.2) is 18.2 Å². The van der Waals surface area contributed by atoms with Gasteiger partial charge in [-0.05, 0) is 30.3 Å². The Morgan fingerprint density at radius 3 is 2.68 bits per heavy atom. The number of pyridine rings is 1. The molecule has 0 radical (unpaired) electrons. The average molecular weight is 305 g/mol. The van der Waals surface area contributed by atoms with Gasteiger partial charge >= 0.3 is 0 Å². The van der Waals surface area contributed by atoms with Crippen molar-refractivity contribution in [1.29, 1.82) is 0 Å². The Bertz CT molecular complexity index is 860. The predicted octanol–water partition coefficient (Wildman–Crippen LogP) is 2.68. The molecule has 0 bridgehead atoms. The van der Waals surface area contributed by atoms with Crippen molar-refractivity contribution in [3.63, 3.8) is 0 Å². The number of benzene rings is 1. The zero-order chi connectivity index (χ0) is 15.7. The molecule has 0 unspecified atom stereocenters. The summed E-state index contributed by atoms with van der Waals surface area (Å²) in [7, 11) is 0. The molecular weight excluding hydrogens is 295 g/mol. The summed E-state index contributed by atoms with van der Waals surface area (Å²) in [5.41, 5.74) is 0.605. The first-order valence-corrected chi connectivity index (χ1v) is 6.39. The monoisotopic (exact) mass is 305 g/mol. The lowest BCUT2D eigenvalue weighted by Gasteiger charge is -2.04. The number of amides is 1. The van der Waals surface area contributed by atoms with E-state index in [9.17, 15) is 18.0 Å². The Kier molecular flexibility index (Phi) is 3.54. The first-order valence-electron chi connectivity index (χ1n) is 6.39. The Balaban J connectivity index is 1.75. The molecule has 0 saturated carbocycles. The van der Waals surface area contributed by atoms with Crippen LogP contribution in [-0.4, -0.2) is 15.3 Å². The molecule has 3 rings (SSSR count). The molecule has 7 heteroatoms. The van der Waals surface area contributed by atoms with Crippen molar-refractivity contribution in [3.8, 4) is 0 Å². The van der Waals surface area contributed by atoms with Crippen LogP contribution in [0.25, 0.3) is 5.65 Å². The molecule has 0 spiro atoms. The van der Waals surface area contributed by atoms with E-state index in [4.69, 9.17) is 0 Å². The van der Waals surface area contributed by atoms with Gasteiger partial charge in [-0.3, -0.25) is 4.79 Å². The summed E-state index contributed by atoms with van der Waals surface area (Å²) in [6, 6.07) is 5.41. The molecule has 0 aliphatic rings. The number of rotatable bonds is 3. The lowest BCUT2D eigenvalue weighted by molar-refractivity contribution is 0.0946. The highest BCUT2D eigenvalue weighted by atomic mass is 19.1. The fraction of sp³-hybridized carbons (Fsp3) is 0.0667. The molecule has 0 aliphatic heterocycles. The van der Waals surface area contributed by atoms with Crippen LogP contribution in [0.15, 0.2) is 42.7 Å². The van der Waals surface area contributed by atoms with Crippen LogP contribution in [0, 0.1) is 17.5 Å². The van der Waals surface area contributed by atoms with Gasteiger partial charge in [0.1, 0.15) is 23.1 Å². The van der Waals surface area contributed by atoms with Crippen molar-refractivity contribution in [2.24, 2.45) is 0 Å². The Labute approximate surface area is 123 Å². The zero-order valence-corrected chi connectivity index (χ0v) is 11.2. The Morgan fingerprint density at radius 2 is 1.86 bits per heavy atom. The molecule has 3 aromatic rings. The number of nitrogens with one attached hydrogen (secondary N) is 1. The summed E-state index contributed by atoms with van der Waals surface area (Å²) >= 11 is 0. The molecule has 0 fully saturated rings. The summed E-state index contributed by atoms with van der Waals surface area (Å²) in [6.07, 6.45) is 2.79. The number of halogens is 3. The number of carbonyl (C=O) groups is 1. The maximum atomic E-state index is 13.5. The van der Waals surface area contributed by atoms with Crippen LogP contribution in [0.2, 0.25) is 0 Å². The topological polar surface area (TPSA) is 46.4 Å². The minimum atomic E-state index is -0.809. The Morgan fingerprint density at radius 1 is 1.09 bits per heavy atom. The second-order valence-electron chi connectivity index (χ2n) is 4.65. The second kappa shape index (κ2) is 5.51. The van der Waals surface area contributed by atoms with Crippen LogP contribution < -0.4 is 5.32 Å². The summed E-state index contributed by atoms with van der Waals surface area (Å²) in [5.74, 6) is -2.67. The van der Waals surface area contributed by atoms with Gasteiger partial charge in [0.25, 0.3) is 5.91 Å². The van der Waals surface area contributed by atoms with Gasteiger partial charge in [0.05, 0.1) is 17.8 Å². The maximum absolute atomic E-state index is 13.5. The third kappa shape index (κ3) is 2.78. The number of hydrogen-bond donors (Lipinski definition) is 1. The molecule has 22 heavy (non-hydrogen) atoms. The van der Waals surface area contributed by atoms with Gasteiger partial charge in [-0.15, -0.1) is 0 Å². The van der Waals surface area contributed by atoms with E-state index in [-0.39, 0.29) is 12.1 Å². The van der Waals surface area contributed by atoms with E-state index in [1.165, 1.54) is 22.7 Å². The van der Waals surface area contributed by atoms with Crippen molar-refractivity contribution in [1.82, 2.24) is 14.7 Å². The summed E-state index contributed by atoms with van der Waals surface area (Å²) in [5, 5.41) is 2.44. The van der Waals surface area contributed by atoms with Gasteiger partial charge in [-0.2, -0.15) is 0 Å². The normalized spacial score (nSPS) is 10.9. The average Bonchev–Trinajstić information content (AvgIpc) is 2.89. The van der Waals surface area contributed by atoms with E-state index in [1.54, 1.807) is 6.20 Å². The van der Waals surface area contributed by atoms with Crippen molar-refractivity contribution < 1.29 is 18.0 Å². The number of aromatic nitrogens is 2. The quantitative estimate of drug-likeness (QED) is 0.808. The van der Waals surface area contributed by atoms with Crippen LogP contribution in [0.5, 0.6) is 0 Å². The highest BCUT2D eigenvalue weighted by Gasteiger charge is 2.13. The summed E-state index contributed by atoms with van der Waals surface area (Å²) in [6.45, 7) is 0.0120. The molecule has 0 aliphatic carbocycles. The lowest BCUT2D eigenvalue weighted by Crippen LogP contribution is -2.24. The molecule has 2 aromatic heterocycles. The largest absolute Gasteiger partial charge is 0.346 e. The Hall–Kier alpha value is -2.83. The molecule has 1 N–H and O–H groups in total. The van der Waals surface area contributed by atoms with Gasteiger partial charge in [0, 0.05) is 12.4 Å². The molecular formula is C15H10F3N3O. The van der Waals surface area contributed by atoms with E-state index in [2.05, 4.69) is 10.3 Å². The molecule has 1 aromatic carbocycles. The van der Waals surface area contributed by atoms with E-state index < -0.39 is 23.4 Å². The van der Waals surface area contributed by atoms with E-state index >= 15 is 0 Å². The molecule has 112 valence electrons. The maximum Gasteiger partial charge on any atom is 0.254 e. The van der Waals surface area contributed by atoms with E-state index in [0.717, 1.165) is 18.2 Å². The smallest absolute Gasteiger partial charge is 0.254 e. The van der Waals surface area contributed by atoms with Crippen molar-refractivity contribution in [2.75, 3.05) is 0 Å². The predicted molar refractivity (Wildman–Crippen MR) is 72.7 cm³/mol. The molecule has 0 atom stereocenters. The van der Waals surface area contributed by atoms with Crippen LogP contribution in [-0.2, 0) is 6.54 Å².